The van der Waals surface area contributed by atoms with Gasteiger partial charge < -0.3 is 15.2 Å². The normalized spacial score (nSPS) is 12.9. The Hall–Kier alpha value is -0.360. The van der Waals surface area contributed by atoms with Crippen LogP contribution in [0.1, 0.15) is 18.0 Å². The summed E-state index contributed by atoms with van der Waals surface area (Å²) in [4.78, 5) is 2.29. The van der Waals surface area contributed by atoms with Gasteiger partial charge in [-0.3, -0.25) is 4.90 Å². The van der Waals surface area contributed by atoms with Crippen molar-refractivity contribution in [2.24, 2.45) is 5.73 Å². The zero-order valence-electron chi connectivity index (χ0n) is 12.6. The van der Waals surface area contributed by atoms with Crippen LogP contribution in [0.3, 0.4) is 0 Å². The minimum absolute atomic E-state index is 0.0896. The van der Waals surface area contributed by atoms with Crippen LogP contribution in [0.2, 0.25) is 10.0 Å². The van der Waals surface area contributed by atoms with E-state index in [1.165, 1.54) is 0 Å². The van der Waals surface area contributed by atoms with E-state index in [2.05, 4.69) is 4.90 Å². The van der Waals surface area contributed by atoms with Gasteiger partial charge in [-0.15, -0.1) is 0 Å². The highest BCUT2D eigenvalue weighted by Gasteiger charge is 2.19. The van der Waals surface area contributed by atoms with Crippen LogP contribution in [-0.2, 0) is 9.47 Å². The quantitative estimate of drug-likeness (QED) is 0.668. The summed E-state index contributed by atoms with van der Waals surface area (Å²) in [7, 11) is 3.41. The zero-order valence-corrected chi connectivity index (χ0v) is 14.2. The van der Waals surface area contributed by atoms with Crippen LogP contribution in [0.4, 0.5) is 0 Å². The lowest BCUT2D eigenvalue weighted by atomic mass is 10.0. The maximum Gasteiger partial charge on any atom is 0.0595 e. The molecule has 4 nitrogen and oxygen atoms in total. The Morgan fingerprint density at radius 2 is 1.81 bits per heavy atom. The van der Waals surface area contributed by atoms with E-state index in [0.29, 0.717) is 23.2 Å². The third kappa shape index (κ3) is 6.10. The molecule has 0 heterocycles. The fourth-order valence-electron chi connectivity index (χ4n) is 2.26. The Bertz CT molecular complexity index is 419. The first-order valence-corrected chi connectivity index (χ1v) is 7.76. The third-order valence-corrected chi connectivity index (χ3v) is 4.11. The van der Waals surface area contributed by atoms with Gasteiger partial charge in [-0.1, -0.05) is 29.3 Å². The minimum Gasteiger partial charge on any atom is -0.385 e. The van der Waals surface area contributed by atoms with Crippen molar-refractivity contribution in [3.8, 4) is 0 Å². The molecular weight excluding hydrogens is 311 g/mol. The lowest BCUT2D eigenvalue weighted by Crippen LogP contribution is -2.37. The third-order valence-electron chi connectivity index (χ3n) is 3.37. The summed E-state index contributed by atoms with van der Waals surface area (Å²) in [6.07, 6.45) is 0.942. The molecule has 0 aliphatic heterocycles. The maximum atomic E-state index is 6.11. The van der Waals surface area contributed by atoms with Crippen molar-refractivity contribution in [1.29, 1.82) is 0 Å². The van der Waals surface area contributed by atoms with E-state index in [1.54, 1.807) is 14.2 Å². The Morgan fingerprint density at radius 1 is 1.10 bits per heavy atom. The second kappa shape index (κ2) is 10.4. The molecule has 0 amide bonds. The second-order valence-corrected chi connectivity index (χ2v) is 5.61. The number of ether oxygens (including phenoxy) is 2. The molecule has 0 radical (unpaired) electrons. The van der Waals surface area contributed by atoms with E-state index in [4.69, 9.17) is 38.4 Å². The van der Waals surface area contributed by atoms with Gasteiger partial charge in [0, 0.05) is 46.5 Å². The molecule has 0 aliphatic rings. The van der Waals surface area contributed by atoms with Crippen molar-refractivity contribution >= 4 is 23.2 Å². The van der Waals surface area contributed by atoms with E-state index in [9.17, 15) is 0 Å². The van der Waals surface area contributed by atoms with E-state index in [1.807, 2.05) is 18.2 Å². The van der Waals surface area contributed by atoms with Crippen molar-refractivity contribution < 1.29 is 9.47 Å². The first kappa shape index (κ1) is 18.7. The van der Waals surface area contributed by atoms with E-state index in [0.717, 1.165) is 31.7 Å². The summed E-state index contributed by atoms with van der Waals surface area (Å²) >= 11 is 12.1. The predicted molar refractivity (Wildman–Crippen MR) is 88.2 cm³/mol. The van der Waals surface area contributed by atoms with Crippen LogP contribution < -0.4 is 5.73 Å². The Kier molecular flexibility index (Phi) is 9.24. The van der Waals surface area contributed by atoms with E-state index >= 15 is 0 Å². The van der Waals surface area contributed by atoms with Gasteiger partial charge in [0.2, 0.25) is 0 Å². The number of nitrogens with zero attached hydrogens (tertiary/aromatic N) is 1. The van der Waals surface area contributed by atoms with Crippen molar-refractivity contribution in [1.82, 2.24) is 4.90 Å². The Balaban J connectivity index is 2.84. The summed E-state index contributed by atoms with van der Waals surface area (Å²) in [6.45, 7) is 3.59. The average molecular weight is 335 g/mol. The second-order valence-electron chi connectivity index (χ2n) is 4.80. The van der Waals surface area contributed by atoms with Crippen LogP contribution in [0.5, 0.6) is 0 Å². The molecule has 0 aliphatic carbocycles. The average Bonchev–Trinajstić information content (AvgIpc) is 2.48. The maximum absolute atomic E-state index is 6.11. The van der Waals surface area contributed by atoms with Gasteiger partial charge in [-0.25, -0.2) is 0 Å². The Morgan fingerprint density at radius 3 is 2.38 bits per heavy atom. The lowest BCUT2D eigenvalue weighted by molar-refractivity contribution is 0.108. The number of benzene rings is 1. The molecule has 0 saturated heterocycles. The fraction of sp³-hybridized carbons (Fsp3) is 0.600. The highest BCUT2D eigenvalue weighted by atomic mass is 35.5. The largest absolute Gasteiger partial charge is 0.385 e. The van der Waals surface area contributed by atoms with Gasteiger partial charge in [0.25, 0.3) is 0 Å². The van der Waals surface area contributed by atoms with Gasteiger partial charge in [-0.05, 0) is 24.1 Å². The first-order valence-electron chi connectivity index (χ1n) is 7.01. The molecule has 2 N–H and O–H groups in total. The molecule has 1 rings (SSSR count). The van der Waals surface area contributed by atoms with Crippen LogP contribution in [0, 0.1) is 0 Å². The number of hydrogen-bond donors (Lipinski definition) is 1. The minimum atomic E-state index is 0.0896. The van der Waals surface area contributed by atoms with Crippen molar-refractivity contribution in [2.75, 3.05) is 47.1 Å². The standard InChI is InChI=1S/C15H24Cl2N2O2/c1-20-8-3-6-19(7-9-21-2)15(11-18)12-4-5-13(16)14(17)10-12/h4-5,10,15H,3,6-9,11,18H2,1-2H3. The molecule has 0 aromatic heterocycles. The van der Waals surface area contributed by atoms with E-state index in [-0.39, 0.29) is 6.04 Å². The summed E-state index contributed by atoms with van der Waals surface area (Å²) in [5.74, 6) is 0. The fourth-order valence-corrected chi connectivity index (χ4v) is 2.57. The molecule has 0 fully saturated rings. The summed E-state index contributed by atoms with van der Waals surface area (Å²) in [5, 5.41) is 1.11. The van der Waals surface area contributed by atoms with Crippen molar-refractivity contribution in [3.05, 3.63) is 33.8 Å². The highest BCUT2D eigenvalue weighted by molar-refractivity contribution is 6.42. The number of rotatable bonds is 10. The van der Waals surface area contributed by atoms with Gasteiger partial charge in [0.15, 0.2) is 0 Å². The lowest BCUT2D eigenvalue weighted by Gasteiger charge is -2.31. The number of hydrogen-bond acceptors (Lipinski definition) is 4. The topological polar surface area (TPSA) is 47.7 Å². The van der Waals surface area contributed by atoms with Crippen LogP contribution in [0.25, 0.3) is 0 Å². The Labute approximate surface area is 137 Å². The van der Waals surface area contributed by atoms with Gasteiger partial charge in [0.05, 0.1) is 16.7 Å². The van der Waals surface area contributed by atoms with Gasteiger partial charge in [0.1, 0.15) is 0 Å². The predicted octanol–water partition coefficient (Wildman–Crippen LogP) is 2.98. The summed E-state index contributed by atoms with van der Waals surface area (Å²) < 4.78 is 10.3. The molecule has 1 aromatic carbocycles. The molecule has 0 spiro atoms. The zero-order chi connectivity index (χ0) is 15.7. The monoisotopic (exact) mass is 334 g/mol. The number of halogens is 2. The van der Waals surface area contributed by atoms with Crippen LogP contribution in [-0.4, -0.2) is 52.0 Å². The molecule has 1 aromatic rings. The number of nitrogens with two attached hydrogens (primary N) is 1. The molecular formula is C15H24Cl2N2O2. The first-order chi connectivity index (χ1) is 10.1. The SMILES string of the molecule is COCCCN(CCOC)C(CN)c1ccc(Cl)c(Cl)c1. The van der Waals surface area contributed by atoms with Gasteiger partial charge in [-0.2, -0.15) is 0 Å². The molecule has 21 heavy (non-hydrogen) atoms. The molecule has 0 bridgehead atoms. The molecule has 6 heteroatoms. The van der Waals surface area contributed by atoms with E-state index < -0.39 is 0 Å². The van der Waals surface area contributed by atoms with Crippen LogP contribution in [0.15, 0.2) is 18.2 Å². The van der Waals surface area contributed by atoms with Crippen molar-refractivity contribution in [2.45, 2.75) is 12.5 Å². The van der Waals surface area contributed by atoms with Crippen LogP contribution >= 0.6 is 23.2 Å². The summed E-state index contributed by atoms with van der Waals surface area (Å²) in [6, 6.07) is 5.76. The molecule has 0 saturated carbocycles. The molecule has 1 unspecified atom stereocenters. The highest BCUT2D eigenvalue weighted by Crippen LogP contribution is 2.28. The smallest absolute Gasteiger partial charge is 0.0595 e. The number of methoxy groups -OCH3 is 2. The molecule has 1 atom stereocenters. The van der Waals surface area contributed by atoms with Crippen molar-refractivity contribution in [3.63, 3.8) is 0 Å². The molecule has 120 valence electrons. The summed E-state index contributed by atoms with van der Waals surface area (Å²) in [5.41, 5.74) is 7.05. The van der Waals surface area contributed by atoms with Gasteiger partial charge >= 0.3 is 0 Å².